The molecule has 0 atom stereocenters. The maximum absolute atomic E-state index is 5.09. The Balaban J connectivity index is 2.29. The Bertz CT molecular complexity index is 561. The molecule has 0 saturated carbocycles. The van der Waals surface area contributed by atoms with E-state index in [9.17, 15) is 0 Å². The number of hydrogen-bond acceptors (Lipinski definition) is 4. The lowest BCUT2D eigenvalue weighted by atomic mass is 10.4. The molecule has 84 valence electrons. The first-order valence-corrected chi connectivity index (χ1v) is 6.20. The predicted octanol–water partition coefficient (Wildman–Crippen LogP) is 2.76. The normalized spacial score (nSPS) is 11.4. The number of aromatic amines is 1. The third-order valence-corrected chi connectivity index (χ3v) is 3.29. The van der Waals surface area contributed by atoms with Crippen molar-refractivity contribution in [3.63, 3.8) is 0 Å². The maximum Gasteiger partial charge on any atom is 0.216 e. The van der Waals surface area contributed by atoms with Crippen LogP contribution in [0.2, 0.25) is 0 Å². The van der Waals surface area contributed by atoms with E-state index in [-0.39, 0.29) is 0 Å². The average molecular weight is 252 g/mol. The van der Waals surface area contributed by atoms with Gasteiger partial charge in [-0.05, 0) is 31.3 Å². The molecule has 2 heterocycles. The molecule has 1 N–H and O–H groups in total. The minimum atomic E-state index is 0.529. The van der Waals surface area contributed by atoms with Crippen LogP contribution in [0.1, 0.15) is 22.5 Å². The topological polar surface area (TPSA) is 46.0 Å². The number of aryl methyl sites for hydroxylation is 2. The van der Waals surface area contributed by atoms with Crippen LogP contribution >= 0.6 is 23.6 Å². The summed E-state index contributed by atoms with van der Waals surface area (Å²) in [6, 6.07) is 4.11. The van der Waals surface area contributed by atoms with Gasteiger partial charge in [-0.2, -0.15) is 14.9 Å². The summed E-state index contributed by atoms with van der Waals surface area (Å²) in [6.45, 7) is 4.09. The molecule has 0 aromatic carbocycles. The third kappa shape index (κ3) is 2.28. The van der Waals surface area contributed by atoms with E-state index in [2.05, 4.69) is 28.3 Å². The molecule has 6 heteroatoms. The highest BCUT2D eigenvalue weighted by atomic mass is 32.1. The molecule has 0 aliphatic carbocycles. The predicted molar refractivity (Wildman–Crippen MR) is 68.8 cm³/mol. The van der Waals surface area contributed by atoms with Crippen molar-refractivity contribution in [3.05, 3.63) is 32.5 Å². The van der Waals surface area contributed by atoms with Crippen LogP contribution < -0.4 is 0 Å². The molecule has 0 aliphatic rings. The number of nitrogens with one attached hydrogen (secondary N) is 1. The largest absolute Gasteiger partial charge is 0.250 e. The molecule has 0 unspecified atom stereocenters. The first kappa shape index (κ1) is 11.2. The summed E-state index contributed by atoms with van der Waals surface area (Å²) in [4.78, 5) is 2.38. The number of nitrogens with zero attached hydrogens (tertiary/aromatic N) is 3. The molecule has 2 rings (SSSR count). The van der Waals surface area contributed by atoms with Crippen molar-refractivity contribution in [3.8, 4) is 0 Å². The van der Waals surface area contributed by atoms with Gasteiger partial charge in [-0.25, -0.2) is 0 Å². The van der Waals surface area contributed by atoms with E-state index in [1.165, 1.54) is 4.88 Å². The smallest absolute Gasteiger partial charge is 0.216 e. The van der Waals surface area contributed by atoms with Crippen molar-refractivity contribution in [2.75, 3.05) is 0 Å². The highest BCUT2D eigenvalue weighted by Gasteiger charge is 2.01. The Morgan fingerprint density at radius 2 is 2.44 bits per heavy atom. The number of H-pyrrole nitrogens is 1. The molecule has 2 aromatic heterocycles. The van der Waals surface area contributed by atoms with Crippen LogP contribution in [0.5, 0.6) is 0 Å². The van der Waals surface area contributed by atoms with Gasteiger partial charge in [-0.15, -0.1) is 11.3 Å². The van der Waals surface area contributed by atoms with Gasteiger partial charge in [0.1, 0.15) is 0 Å². The SMILES string of the molecule is CCc1n[nH]c(=S)n1/N=C/c1ccc(C)s1. The van der Waals surface area contributed by atoms with Crippen molar-refractivity contribution in [2.45, 2.75) is 20.3 Å². The molecule has 2 aromatic rings. The average Bonchev–Trinajstić information content (AvgIpc) is 2.82. The van der Waals surface area contributed by atoms with E-state index in [0.29, 0.717) is 4.77 Å². The van der Waals surface area contributed by atoms with Crippen LogP contribution in [0.25, 0.3) is 0 Å². The fourth-order valence-corrected chi connectivity index (χ4v) is 2.25. The van der Waals surface area contributed by atoms with E-state index >= 15 is 0 Å². The molecule has 0 aliphatic heterocycles. The van der Waals surface area contributed by atoms with Crippen molar-refractivity contribution in [1.82, 2.24) is 14.9 Å². The number of hydrogen-bond donors (Lipinski definition) is 1. The third-order valence-electron chi connectivity index (χ3n) is 2.10. The Labute approximate surface area is 103 Å². The second-order valence-corrected chi connectivity index (χ2v) is 5.01. The van der Waals surface area contributed by atoms with Crippen molar-refractivity contribution < 1.29 is 0 Å². The lowest BCUT2D eigenvalue weighted by Gasteiger charge is -1.94. The van der Waals surface area contributed by atoms with E-state index in [1.807, 2.05) is 19.2 Å². The van der Waals surface area contributed by atoms with Gasteiger partial charge in [0, 0.05) is 16.2 Å². The number of thiophene rings is 1. The van der Waals surface area contributed by atoms with Crippen LogP contribution in [0.3, 0.4) is 0 Å². The van der Waals surface area contributed by atoms with Crippen LogP contribution in [0, 0.1) is 11.7 Å². The first-order chi connectivity index (χ1) is 7.70. The second kappa shape index (κ2) is 4.71. The van der Waals surface area contributed by atoms with E-state index in [0.717, 1.165) is 17.1 Å². The Kier molecular flexibility index (Phi) is 3.31. The van der Waals surface area contributed by atoms with Crippen molar-refractivity contribution in [2.24, 2.45) is 5.10 Å². The molecule has 0 bridgehead atoms. The van der Waals surface area contributed by atoms with Gasteiger partial charge in [-0.3, -0.25) is 5.10 Å². The summed E-state index contributed by atoms with van der Waals surface area (Å²) < 4.78 is 2.19. The number of aromatic nitrogens is 3. The minimum Gasteiger partial charge on any atom is -0.250 e. The molecular weight excluding hydrogens is 240 g/mol. The summed E-state index contributed by atoms with van der Waals surface area (Å²) in [6.07, 6.45) is 2.61. The fourth-order valence-electron chi connectivity index (χ4n) is 1.31. The first-order valence-electron chi connectivity index (χ1n) is 4.98. The minimum absolute atomic E-state index is 0.529. The Hall–Kier alpha value is -1.27. The maximum atomic E-state index is 5.09. The lowest BCUT2D eigenvalue weighted by molar-refractivity contribution is 0.780. The van der Waals surface area contributed by atoms with Crippen LogP contribution in [0.15, 0.2) is 17.2 Å². The highest BCUT2D eigenvalue weighted by Crippen LogP contribution is 2.12. The quantitative estimate of drug-likeness (QED) is 0.674. The van der Waals surface area contributed by atoms with Gasteiger partial charge in [0.15, 0.2) is 5.82 Å². The van der Waals surface area contributed by atoms with Gasteiger partial charge in [-0.1, -0.05) is 6.92 Å². The van der Waals surface area contributed by atoms with Crippen molar-refractivity contribution >= 4 is 29.8 Å². The molecule has 0 saturated heterocycles. The molecule has 0 amide bonds. The fraction of sp³-hybridized carbons (Fsp3) is 0.300. The zero-order valence-electron chi connectivity index (χ0n) is 9.10. The molecule has 0 fully saturated rings. The van der Waals surface area contributed by atoms with Gasteiger partial charge in [0.25, 0.3) is 0 Å². The van der Waals surface area contributed by atoms with Crippen LogP contribution in [0.4, 0.5) is 0 Å². The zero-order chi connectivity index (χ0) is 11.5. The Morgan fingerprint density at radius 3 is 3.06 bits per heavy atom. The van der Waals surface area contributed by atoms with Gasteiger partial charge >= 0.3 is 0 Å². The van der Waals surface area contributed by atoms with Gasteiger partial charge in [0.2, 0.25) is 4.77 Å². The summed E-state index contributed by atoms with van der Waals surface area (Å²) in [5.41, 5.74) is 0. The zero-order valence-corrected chi connectivity index (χ0v) is 10.7. The molecule has 0 radical (unpaired) electrons. The highest BCUT2D eigenvalue weighted by molar-refractivity contribution is 7.71. The van der Waals surface area contributed by atoms with E-state index in [4.69, 9.17) is 12.2 Å². The lowest BCUT2D eigenvalue weighted by Crippen LogP contribution is -1.96. The summed E-state index contributed by atoms with van der Waals surface area (Å²) in [5.74, 6) is 0.842. The summed E-state index contributed by atoms with van der Waals surface area (Å²) in [7, 11) is 0. The summed E-state index contributed by atoms with van der Waals surface area (Å²) in [5, 5.41) is 11.1. The second-order valence-electron chi connectivity index (χ2n) is 3.30. The molecule has 4 nitrogen and oxygen atoms in total. The van der Waals surface area contributed by atoms with Crippen LogP contribution in [-0.4, -0.2) is 21.1 Å². The summed E-state index contributed by atoms with van der Waals surface area (Å²) >= 11 is 6.80. The molecule has 16 heavy (non-hydrogen) atoms. The van der Waals surface area contributed by atoms with Crippen molar-refractivity contribution in [1.29, 1.82) is 0 Å². The molecule has 0 spiro atoms. The molecular formula is C10H12N4S2. The number of rotatable bonds is 3. The van der Waals surface area contributed by atoms with E-state index in [1.54, 1.807) is 16.0 Å². The van der Waals surface area contributed by atoms with E-state index < -0.39 is 0 Å². The standard InChI is InChI=1S/C10H12N4S2/c1-3-9-12-13-10(15)14(9)11-6-8-5-4-7(2)16-8/h4-6H,3H2,1-2H3,(H,13,15)/b11-6+. The Morgan fingerprint density at radius 1 is 1.62 bits per heavy atom. The van der Waals surface area contributed by atoms with Crippen LogP contribution in [-0.2, 0) is 6.42 Å². The monoisotopic (exact) mass is 252 g/mol. The van der Waals surface area contributed by atoms with Gasteiger partial charge < -0.3 is 0 Å². The van der Waals surface area contributed by atoms with Gasteiger partial charge in [0.05, 0.1) is 6.21 Å².